The summed E-state index contributed by atoms with van der Waals surface area (Å²) in [5, 5.41) is 3.06. The van der Waals surface area contributed by atoms with Gasteiger partial charge in [0.25, 0.3) is 5.56 Å². The number of nitrogens with zero attached hydrogens (tertiary/aromatic N) is 2. The van der Waals surface area contributed by atoms with Gasteiger partial charge in [-0.1, -0.05) is 24.3 Å². The molecule has 0 saturated heterocycles. The molecule has 0 saturated carbocycles. The highest BCUT2D eigenvalue weighted by Crippen LogP contribution is 2.13. The van der Waals surface area contributed by atoms with E-state index in [0.717, 1.165) is 16.9 Å². The molecule has 0 unspecified atom stereocenters. The van der Waals surface area contributed by atoms with Gasteiger partial charge in [0.1, 0.15) is 11.6 Å². The van der Waals surface area contributed by atoms with Gasteiger partial charge in [0.15, 0.2) is 5.82 Å². The molecule has 0 radical (unpaired) electrons. The van der Waals surface area contributed by atoms with Crippen molar-refractivity contribution in [2.45, 2.75) is 13.1 Å². The lowest BCUT2D eigenvalue weighted by atomic mass is 10.2. The summed E-state index contributed by atoms with van der Waals surface area (Å²) in [5.41, 5.74) is 1.60. The predicted molar refractivity (Wildman–Crippen MR) is 94.3 cm³/mol. The Morgan fingerprint density at radius 3 is 2.72 bits per heavy atom. The summed E-state index contributed by atoms with van der Waals surface area (Å²) in [6, 6.07) is 13.7. The van der Waals surface area contributed by atoms with E-state index in [-0.39, 0.29) is 17.2 Å². The number of nitrogens with one attached hydrogen (secondary N) is 1. The van der Waals surface area contributed by atoms with Crippen LogP contribution in [-0.2, 0) is 13.1 Å². The van der Waals surface area contributed by atoms with Crippen LogP contribution in [0.3, 0.4) is 0 Å². The summed E-state index contributed by atoms with van der Waals surface area (Å²) in [7, 11) is 1.61. The van der Waals surface area contributed by atoms with Crippen molar-refractivity contribution in [1.29, 1.82) is 0 Å². The van der Waals surface area contributed by atoms with Gasteiger partial charge in [-0.3, -0.25) is 4.79 Å². The third-order valence-electron chi connectivity index (χ3n) is 3.77. The zero-order valence-corrected chi connectivity index (χ0v) is 13.8. The smallest absolute Gasteiger partial charge is 0.293 e. The van der Waals surface area contributed by atoms with Gasteiger partial charge < -0.3 is 14.6 Å². The molecule has 128 valence electrons. The van der Waals surface area contributed by atoms with Crippen LogP contribution < -0.4 is 15.6 Å². The van der Waals surface area contributed by atoms with Crippen molar-refractivity contribution in [2.24, 2.45) is 0 Å². The van der Waals surface area contributed by atoms with Crippen LogP contribution in [0.25, 0.3) is 0 Å². The lowest BCUT2D eigenvalue weighted by molar-refractivity contribution is 0.414. The first-order valence-electron chi connectivity index (χ1n) is 7.82. The summed E-state index contributed by atoms with van der Waals surface area (Å²) in [6.45, 7) is 0.815. The fourth-order valence-electron chi connectivity index (χ4n) is 2.45. The molecule has 0 aliphatic heterocycles. The number of anilines is 1. The monoisotopic (exact) mass is 339 g/mol. The van der Waals surface area contributed by atoms with Gasteiger partial charge in [-0.25, -0.2) is 9.37 Å². The van der Waals surface area contributed by atoms with Gasteiger partial charge in [0.2, 0.25) is 0 Å². The van der Waals surface area contributed by atoms with E-state index >= 15 is 0 Å². The minimum absolute atomic E-state index is 0.227. The van der Waals surface area contributed by atoms with Crippen molar-refractivity contribution in [3.05, 3.63) is 88.2 Å². The molecule has 25 heavy (non-hydrogen) atoms. The Labute approximate surface area is 144 Å². The van der Waals surface area contributed by atoms with E-state index in [9.17, 15) is 9.18 Å². The van der Waals surface area contributed by atoms with E-state index in [1.54, 1.807) is 31.6 Å². The van der Waals surface area contributed by atoms with Gasteiger partial charge in [-0.05, 0) is 35.4 Å². The summed E-state index contributed by atoms with van der Waals surface area (Å²) >= 11 is 0. The second kappa shape index (κ2) is 7.61. The maximum Gasteiger partial charge on any atom is 0.293 e. The molecule has 0 bridgehead atoms. The van der Waals surface area contributed by atoms with E-state index in [0.29, 0.717) is 13.1 Å². The highest BCUT2D eigenvalue weighted by Gasteiger charge is 2.06. The van der Waals surface area contributed by atoms with Crippen LogP contribution in [0, 0.1) is 5.82 Å². The average molecular weight is 339 g/mol. The first kappa shape index (κ1) is 16.7. The summed E-state index contributed by atoms with van der Waals surface area (Å²) < 4.78 is 19.7. The Bertz CT molecular complexity index is 907. The Balaban J connectivity index is 1.74. The number of halogens is 1. The van der Waals surface area contributed by atoms with Crippen molar-refractivity contribution < 1.29 is 9.13 Å². The van der Waals surface area contributed by atoms with Crippen LogP contribution in [-0.4, -0.2) is 16.7 Å². The molecule has 0 amide bonds. The Hall–Kier alpha value is -3.15. The van der Waals surface area contributed by atoms with Crippen molar-refractivity contribution in [3.63, 3.8) is 0 Å². The molecule has 2 aromatic carbocycles. The first-order chi connectivity index (χ1) is 12.2. The summed E-state index contributed by atoms with van der Waals surface area (Å²) in [5.74, 6) is 0.730. The minimum atomic E-state index is -0.300. The zero-order chi connectivity index (χ0) is 17.6. The van der Waals surface area contributed by atoms with Gasteiger partial charge in [-0.15, -0.1) is 0 Å². The molecule has 0 spiro atoms. The Morgan fingerprint density at radius 2 is 1.96 bits per heavy atom. The molecule has 1 aromatic heterocycles. The fourth-order valence-corrected chi connectivity index (χ4v) is 2.45. The van der Waals surface area contributed by atoms with E-state index < -0.39 is 0 Å². The maximum absolute atomic E-state index is 13.0. The van der Waals surface area contributed by atoms with E-state index in [2.05, 4.69) is 10.3 Å². The topological polar surface area (TPSA) is 56.1 Å². The van der Waals surface area contributed by atoms with Gasteiger partial charge >= 0.3 is 0 Å². The highest BCUT2D eigenvalue weighted by molar-refractivity contribution is 5.35. The molecule has 1 N–H and O–H groups in total. The largest absolute Gasteiger partial charge is 0.497 e. The molecule has 6 heteroatoms. The SMILES string of the molecule is COc1cccc(CNc2nccn(Cc3ccc(F)cc3)c2=O)c1. The van der Waals surface area contributed by atoms with Crippen molar-refractivity contribution >= 4 is 5.82 Å². The number of methoxy groups -OCH3 is 1. The van der Waals surface area contributed by atoms with E-state index in [4.69, 9.17) is 4.74 Å². The molecule has 0 fully saturated rings. The molecule has 0 aliphatic rings. The molecule has 3 rings (SSSR count). The van der Waals surface area contributed by atoms with Gasteiger partial charge in [-0.2, -0.15) is 0 Å². The van der Waals surface area contributed by atoms with Crippen molar-refractivity contribution in [2.75, 3.05) is 12.4 Å². The lowest BCUT2D eigenvalue weighted by Crippen LogP contribution is -2.24. The Morgan fingerprint density at radius 1 is 1.16 bits per heavy atom. The summed E-state index contributed by atoms with van der Waals surface area (Å²) in [4.78, 5) is 16.6. The lowest BCUT2D eigenvalue weighted by Gasteiger charge is -2.10. The molecule has 0 aliphatic carbocycles. The van der Waals surface area contributed by atoms with Crippen LogP contribution in [0.15, 0.2) is 65.7 Å². The molecule has 3 aromatic rings. The zero-order valence-electron chi connectivity index (χ0n) is 13.8. The van der Waals surface area contributed by atoms with Crippen LogP contribution in [0.4, 0.5) is 10.2 Å². The van der Waals surface area contributed by atoms with Crippen molar-refractivity contribution in [3.8, 4) is 5.75 Å². The number of hydrogen-bond donors (Lipinski definition) is 1. The molecule has 5 nitrogen and oxygen atoms in total. The van der Waals surface area contributed by atoms with E-state index in [1.807, 2.05) is 24.3 Å². The number of benzene rings is 2. The molecular formula is C19H18FN3O2. The van der Waals surface area contributed by atoms with Crippen LogP contribution in [0.2, 0.25) is 0 Å². The Kier molecular flexibility index (Phi) is 5.09. The summed E-state index contributed by atoms with van der Waals surface area (Å²) in [6.07, 6.45) is 3.18. The highest BCUT2D eigenvalue weighted by atomic mass is 19.1. The van der Waals surface area contributed by atoms with Crippen LogP contribution in [0.5, 0.6) is 5.75 Å². The number of aromatic nitrogens is 2. The molecular weight excluding hydrogens is 321 g/mol. The average Bonchev–Trinajstić information content (AvgIpc) is 2.64. The standard InChI is InChI=1S/C19H18FN3O2/c1-25-17-4-2-3-15(11-17)12-22-18-19(24)23(10-9-21-18)13-14-5-7-16(20)8-6-14/h2-11H,12-13H2,1H3,(H,21,22). The normalized spacial score (nSPS) is 10.5. The second-order valence-electron chi connectivity index (χ2n) is 5.54. The second-order valence-corrected chi connectivity index (χ2v) is 5.54. The van der Waals surface area contributed by atoms with Crippen LogP contribution >= 0.6 is 0 Å². The number of hydrogen-bond acceptors (Lipinski definition) is 4. The fraction of sp³-hybridized carbons (Fsp3) is 0.158. The van der Waals surface area contributed by atoms with Gasteiger partial charge in [0.05, 0.1) is 13.7 Å². The third-order valence-corrected chi connectivity index (χ3v) is 3.77. The molecule has 0 atom stereocenters. The predicted octanol–water partition coefficient (Wildman–Crippen LogP) is 3.05. The van der Waals surface area contributed by atoms with Gasteiger partial charge in [0, 0.05) is 18.9 Å². The van der Waals surface area contributed by atoms with Crippen LogP contribution in [0.1, 0.15) is 11.1 Å². The first-order valence-corrected chi connectivity index (χ1v) is 7.82. The maximum atomic E-state index is 13.0. The minimum Gasteiger partial charge on any atom is -0.497 e. The van der Waals surface area contributed by atoms with E-state index in [1.165, 1.54) is 16.7 Å². The number of ether oxygens (including phenoxy) is 1. The van der Waals surface area contributed by atoms with Crippen molar-refractivity contribution in [1.82, 2.24) is 9.55 Å². The number of rotatable bonds is 6. The molecule has 1 heterocycles. The third kappa shape index (κ3) is 4.23. The quantitative estimate of drug-likeness (QED) is 0.750.